The van der Waals surface area contributed by atoms with Gasteiger partial charge in [-0.2, -0.15) is 0 Å². The fraction of sp³-hybridized carbons (Fsp3) is 0.364. The highest BCUT2D eigenvalue weighted by atomic mass is 32.2. The molecule has 0 spiro atoms. The lowest BCUT2D eigenvalue weighted by Gasteiger charge is -2.22. The normalized spacial score (nSPS) is 11.0. The molecule has 0 saturated carbocycles. The lowest BCUT2D eigenvalue weighted by Crippen LogP contribution is -2.32. The van der Waals surface area contributed by atoms with Crippen molar-refractivity contribution in [3.63, 3.8) is 0 Å². The molecule has 0 bridgehead atoms. The topological polar surface area (TPSA) is 86.8 Å². The van der Waals surface area contributed by atoms with Crippen molar-refractivity contribution in [1.29, 1.82) is 0 Å². The summed E-state index contributed by atoms with van der Waals surface area (Å²) in [7, 11) is -3.46. The van der Waals surface area contributed by atoms with Gasteiger partial charge in [0.05, 0.1) is 23.2 Å². The van der Waals surface area contributed by atoms with Gasteiger partial charge in [-0.15, -0.1) is 0 Å². The minimum atomic E-state index is -3.46. The Morgan fingerprint density at radius 3 is 2.13 bits per heavy atom. The zero-order valence-corrected chi connectivity index (χ0v) is 18.5. The Morgan fingerprint density at radius 1 is 0.933 bits per heavy atom. The van der Waals surface area contributed by atoms with Crippen LogP contribution in [0.1, 0.15) is 37.0 Å². The van der Waals surface area contributed by atoms with E-state index in [0.717, 1.165) is 6.26 Å². The molecule has 162 valence electrons. The zero-order valence-electron chi connectivity index (χ0n) is 17.7. The van der Waals surface area contributed by atoms with Crippen molar-refractivity contribution in [2.75, 3.05) is 35.5 Å². The van der Waals surface area contributed by atoms with Gasteiger partial charge in [-0.1, -0.05) is 30.3 Å². The maximum Gasteiger partial charge on any atom is 0.255 e. The SMILES string of the molecule is CCN(CC)C(=O)c1ccccc1NC(=O)CCCN(c1ccccc1)S(C)(=O)=O. The van der Waals surface area contributed by atoms with Crippen molar-refractivity contribution >= 4 is 33.2 Å². The van der Waals surface area contributed by atoms with Crippen LogP contribution in [0.4, 0.5) is 11.4 Å². The summed E-state index contributed by atoms with van der Waals surface area (Å²) < 4.78 is 25.5. The molecule has 0 unspecified atom stereocenters. The van der Waals surface area contributed by atoms with Crippen LogP contribution in [0.3, 0.4) is 0 Å². The lowest BCUT2D eigenvalue weighted by molar-refractivity contribution is -0.116. The second-order valence-electron chi connectivity index (χ2n) is 6.85. The van der Waals surface area contributed by atoms with Crippen LogP contribution in [0.25, 0.3) is 0 Å². The van der Waals surface area contributed by atoms with E-state index in [1.807, 2.05) is 19.9 Å². The van der Waals surface area contributed by atoms with Gasteiger partial charge >= 0.3 is 0 Å². The number of para-hydroxylation sites is 2. The molecule has 0 aliphatic carbocycles. The molecule has 30 heavy (non-hydrogen) atoms. The van der Waals surface area contributed by atoms with E-state index in [1.165, 1.54) is 4.31 Å². The van der Waals surface area contributed by atoms with E-state index in [1.54, 1.807) is 53.4 Å². The highest BCUT2D eigenvalue weighted by Gasteiger charge is 2.19. The first kappa shape index (κ1) is 23.4. The Bertz CT molecular complexity index is 957. The number of hydrogen-bond acceptors (Lipinski definition) is 4. The van der Waals surface area contributed by atoms with Crippen molar-refractivity contribution in [2.45, 2.75) is 26.7 Å². The molecule has 0 aliphatic heterocycles. The van der Waals surface area contributed by atoms with Crippen LogP contribution < -0.4 is 9.62 Å². The molecule has 8 heteroatoms. The summed E-state index contributed by atoms with van der Waals surface area (Å²) >= 11 is 0. The van der Waals surface area contributed by atoms with Crippen LogP contribution in [-0.2, 0) is 14.8 Å². The number of rotatable bonds is 10. The molecular weight excluding hydrogens is 402 g/mol. The monoisotopic (exact) mass is 431 g/mol. The maximum absolute atomic E-state index is 12.7. The standard InChI is InChI=1S/C22H29N3O4S/c1-4-24(5-2)22(27)19-14-9-10-15-20(19)23-21(26)16-11-17-25(30(3,28)29)18-12-7-6-8-13-18/h6-10,12-15H,4-5,11,16-17H2,1-3H3,(H,23,26). The molecule has 2 rings (SSSR count). The molecular formula is C22H29N3O4S. The number of hydrogen-bond donors (Lipinski definition) is 1. The Morgan fingerprint density at radius 2 is 1.53 bits per heavy atom. The van der Waals surface area contributed by atoms with Gasteiger partial charge < -0.3 is 10.2 Å². The average molecular weight is 432 g/mol. The fourth-order valence-electron chi connectivity index (χ4n) is 3.14. The van der Waals surface area contributed by atoms with E-state index < -0.39 is 10.0 Å². The van der Waals surface area contributed by atoms with E-state index in [9.17, 15) is 18.0 Å². The molecule has 1 N–H and O–H groups in total. The van der Waals surface area contributed by atoms with Gasteiger partial charge in [0.1, 0.15) is 0 Å². The highest BCUT2D eigenvalue weighted by Crippen LogP contribution is 2.19. The molecule has 0 fully saturated rings. The molecule has 0 saturated heterocycles. The summed E-state index contributed by atoms with van der Waals surface area (Å²) in [4.78, 5) is 26.8. The van der Waals surface area contributed by atoms with Gasteiger partial charge in [-0.3, -0.25) is 13.9 Å². The van der Waals surface area contributed by atoms with Gasteiger partial charge in [0.15, 0.2) is 0 Å². The van der Waals surface area contributed by atoms with Gasteiger partial charge in [0.2, 0.25) is 15.9 Å². The number of nitrogens with one attached hydrogen (secondary N) is 1. The van der Waals surface area contributed by atoms with Crippen molar-refractivity contribution in [3.05, 3.63) is 60.2 Å². The number of anilines is 2. The summed E-state index contributed by atoms with van der Waals surface area (Å²) in [5, 5.41) is 2.79. The Kier molecular flexibility index (Phi) is 8.41. The van der Waals surface area contributed by atoms with Crippen molar-refractivity contribution in [1.82, 2.24) is 4.90 Å². The highest BCUT2D eigenvalue weighted by molar-refractivity contribution is 7.92. The maximum atomic E-state index is 12.7. The Labute approximate surface area is 178 Å². The first-order valence-electron chi connectivity index (χ1n) is 9.98. The number of amides is 2. The van der Waals surface area contributed by atoms with E-state index in [2.05, 4.69) is 5.32 Å². The third-order valence-electron chi connectivity index (χ3n) is 4.69. The third-order valence-corrected chi connectivity index (χ3v) is 5.89. The van der Waals surface area contributed by atoms with Crippen molar-refractivity contribution < 1.29 is 18.0 Å². The molecule has 0 aliphatic rings. The van der Waals surface area contributed by atoms with E-state index >= 15 is 0 Å². The molecule has 2 aromatic rings. The molecule has 0 heterocycles. The van der Waals surface area contributed by atoms with Crippen LogP contribution in [0.5, 0.6) is 0 Å². The van der Waals surface area contributed by atoms with E-state index in [0.29, 0.717) is 36.4 Å². The summed E-state index contributed by atoms with van der Waals surface area (Å²) in [6.07, 6.45) is 1.63. The molecule has 7 nitrogen and oxygen atoms in total. The smallest absolute Gasteiger partial charge is 0.255 e. The third kappa shape index (κ3) is 6.32. The summed E-state index contributed by atoms with van der Waals surface area (Å²) in [5.74, 6) is -0.403. The van der Waals surface area contributed by atoms with Crippen LogP contribution in [0.15, 0.2) is 54.6 Å². The number of carbonyl (C=O) groups excluding carboxylic acids is 2. The number of carbonyl (C=O) groups is 2. The van der Waals surface area contributed by atoms with Crippen LogP contribution in [0.2, 0.25) is 0 Å². The summed E-state index contributed by atoms with van der Waals surface area (Å²) in [5.41, 5.74) is 1.47. The van der Waals surface area contributed by atoms with Crippen molar-refractivity contribution in [2.24, 2.45) is 0 Å². The molecule has 2 amide bonds. The second kappa shape index (κ2) is 10.8. The van der Waals surface area contributed by atoms with Crippen LogP contribution in [0, 0.1) is 0 Å². The molecule has 0 radical (unpaired) electrons. The quantitative estimate of drug-likeness (QED) is 0.625. The number of sulfonamides is 1. The second-order valence-corrected chi connectivity index (χ2v) is 8.75. The van der Waals surface area contributed by atoms with E-state index in [4.69, 9.17) is 0 Å². The Hall–Kier alpha value is -2.87. The van der Waals surface area contributed by atoms with Gasteiger partial charge in [0.25, 0.3) is 5.91 Å². The molecule has 0 aromatic heterocycles. The van der Waals surface area contributed by atoms with Gasteiger partial charge in [-0.05, 0) is 44.5 Å². The predicted molar refractivity (Wildman–Crippen MR) is 120 cm³/mol. The minimum absolute atomic E-state index is 0.132. The summed E-state index contributed by atoms with van der Waals surface area (Å²) in [6.45, 7) is 5.17. The minimum Gasteiger partial charge on any atom is -0.339 e. The molecule has 2 aromatic carbocycles. The number of benzene rings is 2. The van der Waals surface area contributed by atoms with Gasteiger partial charge in [-0.25, -0.2) is 8.42 Å². The first-order chi connectivity index (χ1) is 14.3. The van der Waals surface area contributed by atoms with E-state index in [-0.39, 0.29) is 24.8 Å². The fourth-order valence-corrected chi connectivity index (χ4v) is 4.10. The Balaban J connectivity index is 2.02. The van der Waals surface area contributed by atoms with Crippen LogP contribution >= 0.6 is 0 Å². The lowest BCUT2D eigenvalue weighted by atomic mass is 10.1. The number of nitrogens with zero attached hydrogens (tertiary/aromatic N) is 2. The average Bonchev–Trinajstić information content (AvgIpc) is 2.72. The first-order valence-corrected chi connectivity index (χ1v) is 11.8. The summed E-state index contributed by atoms with van der Waals surface area (Å²) in [6, 6.07) is 15.7. The predicted octanol–water partition coefficient (Wildman–Crippen LogP) is 3.35. The van der Waals surface area contributed by atoms with Crippen molar-refractivity contribution in [3.8, 4) is 0 Å². The van der Waals surface area contributed by atoms with Gasteiger partial charge in [0, 0.05) is 26.1 Å². The largest absolute Gasteiger partial charge is 0.339 e. The molecule has 0 atom stereocenters. The zero-order chi connectivity index (χ0) is 22.1. The van der Waals surface area contributed by atoms with Crippen LogP contribution in [-0.4, -0.2) is 51.0 Å².